The number of benzene rings is 2. The summed E-state index contributed by atoms with van der Waals surface area (Å²) in [7, 11) is 1.62. The number of methoxy groups -OCH3 is 1. The van der Waals surface area contributed by atoms with Crippen molar-refractivity contribution in [2.24, 2.45) is 0 Å². The van der Waals surface area contributed by atoms with Gasteiger partial charge in [0.05, 0.1) is 24.1 Å². The van der Waals surface area contributed by atoms with Crippen LogP contribution in [0.1, 0.15) is 44.6 Å². The first kappa shape index (κ1) is 33.4. The van der Waals surface area contributed by atoms with E-state index in [0.29, 0.717) is 55.2 Å². The summed E-state index contributed by atoms with van der Waals surface area (Å²) in [6.45, 7) is 3.04. The maximum atomic E-state index is 17.0. The number of urea groups is 1. The average molecular weight is 706 g/mol. The fraction of sp³-hybridized carbons (Fsp3) is 0.472. The second-order valence-corrected chi connectivity index (χ2v) is 14.1. The van der Waals surface area contributed by atoms with E-state index in [9.17, 15) is 19.1 Å². The lowest BCUT2D eigenvalue weighted by atomic mass is 9.89. The summed E-state index contributed by atoms with van der Waals surface area (Å²) < 4.78 is 58.7. The summed E-state index contributed by atoms with van der Waals surface area (Å²) in [5.74, 6) is -1.67. The number of phenols is 1. The molecule has 0 saturated carbocycles. The Morgan fingerprint density at radius 1 is 1.16 bits per heavy atom. The standard InChI is InChI=1S/C36H38F3N7O5/c1-3-23-26(38)6-5-19-11-22(47)12-24(27(19)23)29-28(39)30-25(14-40-29)31(45-10-4-8-36(17-45)32(48)43-33(49)44-36)42-34(41-30)51-18-35-9-7-21(16-50-2)46(35)15-20(37)13-35/h5-6,11-12,14,20-21,47H,3-4,7-10,13,15-18H2,1-2H3,(H2,43,44,48,49)/t20-,21?,35?,36?/m1/s1. The van der Waals surface area contributed by atoms with Gasteiger partial charge in [0.15, 0.2) is 5.82 Å². The van der Waals surface area contributed by atoms with E-state index in [-0.39, 0.29) is 71.9 Å². The zero-order valence-electron chi connectivity index (χ0n) is 28.3. The maximum Gasteiger partial charge on any atom is 0.322 e. The predicted octanol–water partition coefficient (Wildman–Crippen LogP) is 4.54. The van der Waals surface area contributed by atoms with Crippen LogP contribution in [-0.2, 0) is 16.0 Å². The SMILES string of the molecule is CCc1c(F)ccc2cc(O)cc(-c3ncc4c(N5CCCC6(C5)NC(=O)NC6=O)nc(OCC56CCC(COC)N5C[C@H](F)C6)nc4c3F)c12. The molecule has 0 radical (unpaired) electrons. The molecule has 4 fully saturated rings. The van der Waals surface area contributed by atoms with E-state index in [1.807, 2.05) is 0 Å². The molecule has 4 atom stereocenters. The maximum absolute atomic E-state index is 17.0. The van der Waals surface area contributed by atoms with Crippen molar-refractivity contribution in [2.75, 3.05) is 44.9 Å². The van der Waals surface area contributed by atoms with Crippen LogP contribution in [0.25, 0.3) is 32.9 Å². The summed E-state index contributed by atoms with van der Waals surface area (Å²) in [4.78, 5) is 42.8. The second-order valence-electron chi connectivity index (χ2n) is 14.1. The third kappa shape index (κ3) is 5.48. The quantitative estimate of drug-likeness (QED) is 0.224. The van der Waals surface area contributed by atoms with Crippen LogP contribution >= 0.6 is 0 Å². The van der Waals surface area contributed by atoms with Crippen LogP contribution in [0.3, 0.4) is 0 Å². The number of anilines is 1. The van der Waals surface area contributed by atoms with E-state index in [1.165, 1.54) is 30.5 Å². The van der Waals surface area contributed by atoms with Gasteiger partial charge in [-0.15, -0.1) is 0 Å². The lowest BCUT2D eigenvalue weighted by Crippen LogP contribution is -2.58. The number of aromatic nitrogens is 3. The molecular formula is C36H38F3N7O5. The Kier molecular flexibility index (Phi) is 8.17. The number of nitrogens with zero attached hydrogens (tertiary/aromatic N) is 5. The molecule has 3 unspecified atom stereocenters. The Morgan fingerprint density at radius 3 is 2.76 bits per heavy atom. The molecule has 2 aromatic heterocycles. The molecule has 51 heavy (non-hydrogen) atoms. The number of rotatable bonds is 8. The number of hydrogen-bond acceptors (Lipinski definition) is 10. The third-order valence-electron chi connectivity index (χ3n) is 11.0. The number of aryl methyl sites for hydroxylation is 1. The van der Waals surface area contributed by atoms with E-state index in [0.717, 1.165) is 6.42 Å². The second kappa shape index (κ2) is 12.5. The third-order valence-corrected chi connectivity index (χ3v) is 11.0. The number of piperidine rings is 1. The van der Waals surface area contributed by atoms with Crippen molar-refractivity contribution >= 4 is 39.4 Å². The van der Waals surface area contributed by atoms with Gasteiger partial charge in [-0.1, -0.05) is 13.0 Å². The number of carbonyl (C=O) groups is 2. The lowest BCUT2D eigenvalue weighted by molar-refractivity contribution is -0.124. The molecule has 4 aliphatic heterocycles. The van der Waals surface area contributed by atoms with E-state index in [1.54, 1.807) is 18.9 Å². The number of hydrogen-bond donors (Lipinski definition) is 3. The van der Waals surface area contributed by atoms with Crippen molar-refractivity contribution in [1.29, 1.82) is 0 Å². The zero-order valence-corrected chi connectivity index (χ0v) is 28.3. The van der Waals surface area contributed by atoms with Crippen molar-refractivity contribution in [3.63, 3.8) is 0 Å². The first-order valence-corrected chi connectivity index (χ1v) is 17.3. The molecule has 4 aliphatic rings. The van der Waals surface area contributed by atoms with Crippen molar-refractivity contribution in [1.82, 2.24) is 30.5 Å². The van der Waals surface area contributed by atoms with Gasteiger partial charge in [0.2, 0.25) is 0 Å². The van der Waals surface area contributed by atoms with Gasteiger partial charge >= 0.3 is 12.0 Å². The smallest absolute Gasteiger partial charge is 0.322 e. The van der Waals surface area contributed by atoms with Gasteiger partial charge in [0, 0.05) is 44.4 Å². The minimum absolute atomic E-state index is 0.0331. The number of phenolic OH excluding ortho intramolecular Hbond substituents is 1. The molecule has 4 saturated heterocycles. The Bertz CT molecular complexity index is 2090. The van der Waals surface area contributed by atoms with Gasteiger partial charge in [-0.3, -0.25) is 20.0 Å². The molecule has 15 heteroatoms. The molecule has 0 bridgehead atoms. The van der Waals surface area contributed by atoms with Gasteiger partial charge in [-0.05, 0) is 66.6 Å². The van der Waals surface area contributed by atoms with Crippen LogP contribution in [0.15, 0.2) is 30.5 Å². The molecular weight excluding hydrogens is 667 g/mol. The Labute approximate surface area is 291 Å². The predicted molar refractivity (Wildman–Crippen MR) is 181 cm³/mol. The largest absolute Gasteiger partial charge is 0.508 e. The molecule has 2 aromatic carbocycles. The van der Waals surface area contributed by atoms with Gasteiger partial charge in [-0.25, -0.2) is 18.0 Å². The monoisotopic (exact) mass is 705 g/mol. The molecule has 12 nitrogen and oxygen atoms in total. The van der Waals surface area contributed by atoms with Gasteiger partial charge in [0.1, 0.15) is 46.9 Å². The molecule has 0 aliphatic carbocycles. The summed E-state index contributed by atoms with van der Waals surface area (Å²) in [6.07, 6.45) is 3.34. The van der Waals surface area contributed by atoms with E-state index >= 15 is 8.78 Å². The number of carbonyl (C=O) groups excluding carboxylic acids is 2. The highest BCUT2D eigenvalue weighted by Crippen LogP contribution is 2.44. The number of aromatic hydroxyl groups is 1. The van der Waals surface area contributed by atoms with Crippen molar-refractivity contribution in [3.8, 4) is 23.0 Å². The number of alkyl halides is 1. The van der Waals surface area contributed by atoms with Crippen molar-refractivity contribution in [3.05, 3.63) is 47.7 Å². The number of amides is 3. The fourth-order valence-electron chi connectivity index (χ4n) is 8.75. The molecule has 6 heterocycles. The average Bonchev–Trinajstić information content (AvgIpc) is 3.70. The zero-order chi connectivity index (χ0) is 35.7. The number of nitrogens with one attached hydrogen (secondary N) is 2. The van der Waals surface area contributed by atoms with Crippen molar-refractivity contribution in [2.45, 2.75) is 68.7 Å². The lowest BCUT2D eigenvalue weighted by Gasteiger charge is -2.39. The number of fused-ring (bicyclic) bond motifs is 3. The van der Waals surface area contributed by atoms with Crippen molar-refractivity contribution < 1.29 is 37.3 Å². The van der Waals surface area contributed by atoms with Crippen LogP contribution < -0.4 is 20.3 Å². The van der Waals surface area contributed by atoms with Crippen LogP contribution in [0.5, 0.6) is 11.8 Å². The summed E-state index contributed by atoms with van der Waals surface area (Å²) in [5.41, 5.74) is -1.59. The van der Waals surface area contributed by atoms with Crippen LogP contribution in [0, 0.1) is 11.6 Å². The topological polar surface area (TPSA) is 142 Å². The molecule has 8 rings (SSSR count). The molecule has 3 amide bonds. The highest BCUT2D eigenvalue weighted by Gasteiger charge is 2.54. The highest BCUT2D eigenvalue weighted by molar-refractivity contribution is 6.08. The van der Waals surface area contributed by atoms with Gasteiger partial charge in [0.25, 0.3) is 5.91 Å². The Morgan fingerprint density at radius 2 is 2.00 bits per heavy atom. The number of halogens is 3. The summed E-state index contributed by atoms with van der Waals surface area (Å²) >= 11 is 0. The minimum Gasteiger partial charge on any atom is -0.508 e. The van der Waals surface area contributed by atoms with Gasteiger partial charge in [-0.2, -0.15) is 9.97 Å². The molecule has 3 N–H and O–H groups in total. The first-order valence-electron chi connectivity index (χ1n) is 17.3. The molecule has 268 valence electrons. The normalized spacial score (nSPS) is 26.3. The van der Waals surface area contributed by atoms with E-state index in [4.69, 9.17) is 14.5 Å². The molecule has 4 aromatic rings. The number of ether oxygens (including phenoxy) is 2. The van der Waals surface area contributed by atoms with Crippen LogP contribution in [-0.4, -0.2) is 100 Å². The minimum atomic E-state index is -1.21. The Hall–Kier alpha value is -4.76. The number of imide groups is 1. The summed E-state index contributed by atoms with van der Waals surface area (Å²) in [6, 6.07) is 4.97. The highest BCUT2D eigenvalue weighted by atomic mass is 19.1. The molecule has 1 spiro atoms. The fourth-order valence-corrected chi connectivity index (χ4v) is 8.75. The van der Waals surface area contributed by atoms with Crippen LogP contribution in [0.4, 0.5) is 23.8 Å². The first-order chi connectivity index (χ1) is 24.5. The Balaban J connectivity index is 1.26. The number of pyridine rings is 1. The van der Waals surface area contributed by atoms with E-state index in [2.05, 4.69) is 25.5 Å². The van der Waals surface area contributed by atoms with Crippen LogP contribution in [0.2, 0.25) is 0 Å². The summed E-state index contributed by atoms with van der Waals surface area (Å²) in [5, 5.41) is 16.9. The van der Waals surface area contributed by atoms with Gasteiger partial charge < -0.3 is 24.8 Å². The van der Waals surface area contributed by atoms with E-state index < -0.39 is 40.8 Å².